The fraction of sp³-hybridized carbons (Fsp3) is 0.154. The van der Waals surface area contributed by atoms with Gasteiger partial charge in [0.05, 0.1) is 11.3 Å². The summed E-state index contributed by atoms with van der Waals surface area (Å²) in [5.74, 6) is 0.668. The third-order valence-electron chi connectivity index (χ3n) is 2.39. The van der Waals surface area contributed by atoms with Gasteiger partial charge in [-0.2, -0.15) is 0 Å². The van der Waals surface area contributed by atoms with E-state index in [1.54, 1.807) is 6.20 Å². The van der Waals surface area contributed by atoms with Gasteiger partial charge in [-0.15, -0.1) is 0 Å². The van der Waals surface area contributed by atoms with Crippen molar-refractivity contribution in [1.29, 1.82) is 0 Å². The maximum Gasteiger partial charge on any atom is 0.153 e. The number of carbonyl (C=O) groups excluding carboxylic acids is 1. The van der Waals surface area contributed by atoms with Gasteiger partial charge in [0.2, 0.25) is 0 Å². The van der Waals surface area contributed by atoms with Gasteiger partial charge in [-0.25, -0.2) is 9.97 Å². The van der Waals surface area contributed by atoms with Crippen molar-refractivity contribution < 1.29 is 4.79 Å². The third kappa shape index (κ3) is 1.98. The van der Waals surface area contributed by atoms with Crippen LogP contribution in [0.1, 0.15) is 21.7 Å². The minimum atomic E-state index is 0.523. The largest absolute Gasteiger partial charge is 0.298 e. The van der Waals surface area contributed by atoms with E-state index in [0.717, 1.165) is 11.8 Å². The number of carbonyl (C=O) groups is 1. The van der Waals surface area contributed by atoms with Crippen LogP contribution in [-0.4, -0.2) is 16.3 Å². The van der Waals surface area contributed by atoms with Crippen molar-refractivity contribution in [2.75, 3.05) is 0 Å². The molecule has 0 amide bonds. The van der Waals surface area contributed by atoms with Gasteiger partial charge in [-0.3, -0.25) is 4.79 Å². The van der Waals surface area contributed by atoms with Crippen molar-refractivity contribution >= 4 is 6.29 Å². The second kappa shape index (κ2) is 4.23. The van der Waals surface area contributed by atoms with E-state index in [2.05, 4.69) is 9.97 Å². The smallest absolute Gasteiger partial charge is 0.153 e. The monoisotopic (exact) mass is 212 g/mol. The van der Waals surface area contributed by atoms with E-state index in [9.17, 15) is 4.79 Å². The number of hydrogen-bond donors (Lipinski definition) is 0. The number of benzene rings is 1. The van der Waals surface area contributed by atoms with Crippen LogP contribution in [0.3, 0.4) is 0 Å². The van der Waals surface area contributed by atoms with Gasteiger partial charge in [0, 0.05) is 11.8 Å². The normalized spacial score (nSPS) is 10.1. The van der Waals surface area contributed by atoms with Crippen LogP contribution >= 0.6 is 0 Å². The van der Waals surface area contributed by atoms with Crippen molar-refractivity contribution in [2.45, 2.75) is 13.8 Å². The van der Waals surface area contributed by atoms with Gasteiger partial charge in [0.25, 0.3) is 0 Å². The average Bonchev–Trinajstić information content (AvgIpc) is 2.30. The lowest BCUT2D eigenvalue weighted by atomic mass is 10.1. The molecular formula is C13H12N2O. The van der Waals surface area contributed by atoms with Crippen LogP contribution in [-0.2, 0) is 0 Å². The molecule has 1 heterocycles. The van der Waals surface area contributed by atoms with E-state index < -0.39 is 0 Å². The van der Waals surface area contributed by atoms with Crippen LogP contribution in [0.4, 0.5) is 0 Å². The standard InChI is InChI=1S/C13H12N2O/c1-9-3-5-11(6-4-9)13-12(8-16)7-14-10(2)15-13/h3-8H,1-2H3. The van der Waals surface area contributed by atoms with Crippen LogP contribution in [0, 0.1) is 13.8 Å². The third-order valence-corrected chi connectivity index (χ3v) is 2.39. The molecule has 0 saturated carbocycles. The SMILES string of the molecule is Cc1ccc(-c2nc(C)ncc2C=O)cc1. The van der Waals surface area contributed by atoms with Gasteiger partial charge in [0.1, 0.15) is 5.82 Å². The van der Waals surface area contributed by atoms with Crippen LogP contribution in [0.25, 0.3) is 11.3 Å². The Labute approximate surface area is 94.2 Å². The van der Waals surface area contributed by atoms with Crippen molar-refractivity contribution in [3.63, 3.8) is 0 Å². The molecule has 2 rings (SSSR count). The zero-order chi connectivity index (χ0) is 11.5. The zero-order valence-electron chi connectivity index (χ0n) is 9.27. The van der Waals surface area contributed by atoms with Gasteiger partial charge in [-0.05, 0) is 13.8 Å². The molecule has 16 heavy (non-hydrogen) atoms. The molecule has 0 N–H and O–H groups in total. The lowest BCUT2D eigenvalue weighted by molar-refractivity contribution is 0.112. The van der Waals surface area contributed by atoms with Crippen molar-refractivity contribution in [3.05, 3.63) is 47.4 Å². The molecule has 80 valence electrons. The highest BCUT2D eigenvalue weighted by atomic mass is 16.1. The molecule has 0 radical (unpaired) electrons. The summed E-state index contributed by atoms with van der Waals surface area (Å²) in [5.41, 5.74) is 3.34. The molecule has 0 fully saturated rings. The van der Waals surface area contributed by atoms with Crippen molar-refractivity contribution in [3.8, 4) is 11.3 Å². The van der Waals surface area contributed by atoms with Crippen LogP contribution in [0.2, 0.25) is 0 Å². The highest BCUT2D eigenvalue weighted by Crippen LogP contribution is 2.20. The van der Waals surface area contributed by atoms with E-state index in [-0.39, 0.29) is 0 Å². The predicted octanol–water partition coefficient (Wildman–Crippen LogP) is 2.57. The summed E-state index contributed by atoms with van der Waals surface area (Å²) in [6, 6.07) is 7.93. The Morgan fingerprint density at radius 1 is 1.12 bits per heavy atom. The molecule has 3 heteroatoms. The Hall–Kier alpha value is -2.03. The topological polar surface area (TPSA) is 42.9 Å². The van der Waals surface area contributed by atoms with Gasteiger partial charge >= 0.3 is 0 Å². The lowest BCUT2D eigenvalue weighted by Crippen LogP contribution is -1.96. The summed E-state index contributed by atoms with van der Waals surface area (Å²) >= 11 is 0. The fourth-order valence-electron chi connectivity index (χ4n) is 1.51. The highest BCUT2D eigenvalue weighted by Gasteiger charge is 2.06. The van der Waals surface area contributed by atoms with Gasteiger partial charge < -0.3 is 0 Å². The molecule has 0 unspecified atom stereocenters. The second-order valence-corrected chi connectivity index (χ2v) is 3.71. The van der Waals surface area contributed by atoms with Crippen molar-refractivity contribution in [2.24, 2.45) is 0 Å². The number of aromatic nitrogens is 2. The predicted molar refractivity (Wildman–Crippen MR) is 62.3 cm³/mol. The Balaban J connectivity index is 2.57. The van der Waals surface area contributed by atoms with Crippen LogP contribution < -0.4 is 0 Å². The Morgan fingerprint density at radius 3 is 2.44 bits per heavy atom. The first-order valence-electron chi connectivity index (χ1n) is 5.06. The summed E-state index contributed by atoms with van der Waals surface area (Å²) in [5, 5.41) is 0. The molecule has 3 nitrogen and oxygen atoms in total. The summed E-state index contributed by atoms with van der Waals surface area (Å²) in [4.78, 5) is 19.2. The quantitative estimate of drug-likeness (QED) is 0.718. The summed E-state index contributed by atoms with van der Waals surface area (Å²) in [7, 11) is 0. The summed E-state index contributed by atoms with van der Waals surface area (Å²) in [6.07, 6.45) is 2.35. The molecule has 1 aromatic heterocycles. The second-order valence-electron chi connectivity index (χ2n) is 3.71. The Morgan fingerprint density at radius 2 is 1.81 bits per heavy atom. The van der Waals surface area contributed by atoms with Crippen LogP contribution in [0.15, 0.2) is 30.5 Å². The van der Waals surface area contributed by atoms with Gasteiger partial charge in [-0.1, -0.05) is 29.8 Å². The molecule has 0 bridgehead atoms. The number of nitrogens with zero attached hydrogens (tertiary/aromatic N) is 2. The molecule has 0 aliphatic heterocycles. The molecule has 0 spiro atoms. The zero-order valence-corrected chi connectivity index (χ0v) is 9.27. The van der Waals surface area contributed by atoms with E-state index in [0.29, 0.717) is 17.1 Å². The molecule has 0 aliphatic carbocycles. The van der Waals surface area contributed by atoms with Crippen LogP contribution in [0.5, 0.6) is 0 Å². The number of aryl methyl sites for hydroxylation is 2. The number of hydrogen-bond acceptors (Lipinski definition) is 3. The minimum absolute atomic E-state index is 0.523. The Bertz CT molecular complexity index is 518. The molecule has 0 saturated heterocycles. The fourth-order valence-corrected chi connectivity index (χ4v) is 1.51. The molecule has 2 aromatic rings. The van der Waals surface area contributed by atoms with Gasteiger partial charge in [0.15, 0.2) is 6.29 Å². The first-order valence-corrected chi connectivity index (χ1v) is 5.06. The molecule has 1 aromatic carbocycles. The Kier molecular flexibility index (Phi) is 2.77. The van der Waals surface area contributed by atoms with E-state index in [1.807, 2.05) is 38.1 Å². The minimum Gasteiger partial charge on any atom is -0.298 e. The number of aldehydes is 1. The lowest BCUT2D eigenvalue weighted by Gasteiger charge is -2.04. The molecule has 0 aliphatic rings. The molecule has 0 atom stereocenters. The summed E-state index contributed by atoms with van der Waals surface area (Å²) < 4.78 is 0. The average molecular weight is 212 g/mol. The van der Waals surface area contributed by atoms with E-state index in [1.165, 1.54) is 5.56 Å². The maximum absolute atomic E-state index is 10.9. The maximum atomic E-state index is 10.9. The summed E-state index contributed by atoms with van der Waals surface area (Å²) in [6.45, 7) is 3.84. The highest BCUT2D eigenvalue weighted by molar-refractivity contribution is 5.85. The first-order chi connectivity index (χ1) is 7.70. The van der Waals surface area contributed by atoms with E-state index >= 15 is 0 Å². The number of rotatable bonds is 2. The first kappa shape index (κ1) is 10.5. The van der Waals surface area contributed by atoms with Crippen molar-refractivity contribution in [1.82, 2.24) is 9.97 Å². The molecular weight excluding hydrogens is 200 g/mol. The van der Waals surface area contributed by atoms with E-state index in [4.69, 9.17) is 0 Å².